The van der Waals surface area contributed by atoms with Crippen molar-refractivity contribution in [3.63, 3.8) is 0 Å². The second kappa shape index (κ2) is 7.98. The number of benzene rings is 3. The lowest BCUT2D eigenvalue weighted by atomic mass is 10.1. The van der Waals surface area contributed by atoms with Gasteiger partial charge in [0.2, 0.25) is 0 Å². The Morgan fingerprint density at radius 1 is 1.03 bits per heavy atom. The molecule has 1 aromatic heterocycles. The SMILES string of the molecule is O=C(c1ccc([N+](=O)[O-])cc1)N(Cc1ccccc1)c1nc2c(Cl)cccc2s1. The van der Waals surface area contributed by atoms with Gasteiger partial charge < -0.3 is 0 Å². The molecule has 0 N–H and O–H groups in total. The molecule has 4 rings (SSSR count). The quantitative estimate of drug-likeness (QED) is 0.304. The van der Waals surface area contributed by atoms with Crippen LogP contribution in [-0.4, -0.2) is 15.8 Å². The smallest absolute Gasteiger partial charge is 0.269 e. The first-order chi connectivity index (χ1) is 14.0. The third-order valence-electron chi connectivity index (χ3n) is 4.34. The molecule has 0 aliphatic carbocycles. The number of fused-ring (bicyclic) bond motifs is 1. The second-order valence-corrected chi connectivity index (χ2v) is 7.68. The van der Waals surface area contributed by atoms with Gasteiger partial charge in [0.05, 0.1) is 21.2 Å². The number of hydrogen-bond acceptors (Lipinski definition) is 5. The number of nitro groups is 1. The van der Waals surface area contributed by atoms with Crippen LogP contribution in [0, 0.1) is 10.1 Å². The molecule has 1 amide bonds. The average molecular weight is 424 g/mol. The van der Waals surface area contributed by atoms with E-state index in [0.717, 1.165) is 10.3 Å². The Kier molecular flexibility index (Phi) is 5.24. The van der Waals surface area contributed by atoms with Gasteiger partial charge in [-0.25, -0.2) is 4.98 Å². The average Bonchev–Trinajstić information content (AvgIpc) is 3.18. The van der Waals surface area contributed by atoms with Gasteiger partial charge in [-0.1, -0.05) is 59.3 Å². The minimum atomic E-state index is -0.495. The molecule has 0 atom stereocenters. The molecule has 0 saturated heterocycles. The molecule has 6 nitrogen and oxygen atoms in total. The number of thiazole rings is 1. The Bertz CT molecular complexity index is 1190. The monoisotopic (exact) mass is 423 g/mol. The van der Waals surface area contributed by atoms with Gasteiger partial charge >= 0.3 is 0 Å². The highest BCUT2D eigenvalue weighted by molar-refractivity contribution is 7.22. The summed E-state index contributed by atoms with van der Waals surface area (Å²) in [7, 11) is 0. The highest BCUT2D eigenvalue weighted by atomic mass is 35.5. The molecule has 0 bridgehead atoms. The van der Waals surface area contributed by atoms with E-state index in [1.54, 1.807) is 11.0 Å². The van der Waals surface area contributed by atoms with Crippen molar-refractivity contribution in [3.8, 4) is 0 Å². The molecular formula is C21H14ClN3O3S. The maximum absolute atomic E-state index is 13.3. The minimum Gasteiger partial charge on any atom is -0.279 e. The van der Waals surface area contributed by atoms with Crippen molar-refractivity contribution in [2.75, 3.05) is 4.90 Å². The topological polar surface area (TPSA) is 76.3 Å². The minimum absolute atomic E-state index is 0.0667. The van der Waals surface area contributed by atoms with Gasteiger partial charge in [-0.05, 0) is 29.8 Å². The summed E-state index contributed by atoms with van der Waals surface area (Å²) in [6, 6.07) is 20.6. The van der Waals surface area contributed by atoms with E-state index in [2.05, 4.69) is 4.98 Å². The lowest BCUT2D eigenvalue weighted by molar-refractivity contribution is -0.384. The Morgan fingerprint density at radius 3 is 2.41 bits per heavy atom. The van der Waals surface area contributed by atoms with Crippen molar-refractivity contribution in [1.82, 2.24) is 4.98 Å². The molecule has 0 aliphatic heterocycles. The van der Waals surface area contributed by atoms with Crippen molar-refractivity contribution in [2.24, 2.45) is 0 Å². The third-order valence-corrected chi connectivity index (χ3v) is 5.69. The van der Waals surface area contributed by atoms with Crippen LogP contribution in [0.15, 0.2) is 72.8 Å². The number of anilines is 1. The summed E-state index contributed by atoms with van der Waals surface area (Å²) >= 11 is 7.63. The van der Waals surface area contributed by atoms with Crippen LogP contribution in [0.5, 0.6) is 0 Å². The lowest BCUT2D eigenvalue weighted by Gasteiger charge is -2.20. The number of amides is 1. The maximum Gasteiger partial charge on any atom is 0.269 e. The standard InChI is InChI=1S/C21H14ClN3O3S/c22-17-7-4-8-18-19(17)23-21(29-18)24(13-14-5-2-1-3-6-14)20(26)15-9-11-16(12-10-15)25(27)28/h1-12H,13H2. The number of hydrogen-bond donors (Lipinski definition) is 0. The van der Waals surface area contributed by atoms with Crippen LogP contribution in [0.4, 0.5) is 10.8 Å². The number of nitrogens with zero attached hydrogens (tertiary/aromatic N) is 3. The normalized spacial score (nSPS) is 10.8. The summed E-state index contributed by atoms with van der Waals surface area (Å²) in [6.07, 6.45) is 0. The van der Waals surface area contributed by atoms with E-state index in [4.69, 9.17) is 11.6 Å². The first-order valence-corrected chi connectivity index (χ1v) is 9.87. The number of aromatic nitrogens is 1. The van der Waals surface area contributed by atoms with Gasteiger partial charge in [-0.2, -0.15) is 0 Å². The highest BCUT2D eigenvalue weighted by Crippen LogP contribution is 2.34. The molecule has 29 heavy (non-hydrogen) atoms. The van der Waals surface area contributed by atoms with Crippen LogP contribution in [-0.2, 0) is 6.54 Å². The van der Waals surface area contributed by atoms with Crippen LogP contribution in [0.2, 0.25) is 5.02 Å². The van der Waals surface area contributed by atoms with Crippen LogP contribution in [0.3, 0.4) is 0 Å². The second-order valence-electron chi connectivity index (χ2n) is 6.26. The van der Waals surface area contributed by atoms with Gasteiger partial charge in [0.15, 0.2) is 5.13 Å². The molecule has 144 valence electrons. The lowest BCUT2D eigenvalue weighted by Crippen LogP contribution is -2.30. The van der Waals surface area contributed by atoms with E-state index in [1.165, 1.54) is 35.6 Å². The van der Waals surface area contributed by atoms with E-state index in [9.17, 15) is 14.9 Å². The molecular weight excluding hydrogens is 410 g/mol. The predicted molar refractivity (Wildman–Crippen MR) is 115 cm³/mol. The number of halogens is 1. The molecule has 0 saturated carbocycles. The summed E-state index contributed by atoms with van der Waals surface area (Å²) in [4.78, 5) is 29.8. The van der Waals surface area contributed by atoms with Gasteiger partial charge in [-0.15, -0.1) is 0 Å². The number of rotatable bonds is 5. The largest absolute Gasteiger partial charge is 0.279 e. The molecule has 0 unspecified atom stereocenters. The van der Waals surface area contributed by atoms with Crippen molar-refractivity contribution in [2.45, 2.75) is 6.54 Å². The van der Waals surface area contributed by atoms with E-state index in [-0.39, 0.29) is 11.6 Å². The molecule has 4 aromatic rings. The number of para-hydroxylation sites is 1. The zero-order valence-corrected chi connectivity index (χ0v) is 16.6. The number of carbonyl (C=O) groups excluding carboxylic acids is 1. The Balaban J connectivity index is 1.75. The Morgan fingerprint density at radius 2 is 1.76 bits per heavy atom. The molecule has 1 heterocycles. The van der Waals surface area contributed by atoms with Crippen LogP contribution >= 0.6 is 22.9 Å². The summed E-state index contributed by atoms with van der Waals surface area (Å²) in [5, 5.41) is 11.9. The van der Waals surface area contributed by atoms with E-state index in [0.29, 0.717) is 27.8 Å². The molecule has 8 heteroatoms. The van der Waals surface area contributed by atoms with Gasteiger partial charge in [-0.3, -0.25) is 19.8 Å². The first-order valence-electron chi connectivity index (χ1n) is 8.68. The Hall–Kier alpha value is -3.29. The van der Waals surface area contributed by atoms with Crippen molar-refractivity contribution < 1.29 is 9.72 Å². The van der Waals surface area contributed by atoms with Crippen molar-refractivity contribution in [3.05, 3.63) is 99.1 Å². The summed E-state index contributed by atoms with van der Waals surface area (Å²) in [6.45, 7) is 0.314. The first kappa shape index (κ1) is 19.0. The number of non-ortho nitro benzene ring substituents is 1. The van der Waals surface area contributed by atoms with Crippen LogP contribution in [0.25, 0.3) is 10.2 Å². The van der Waals surface area contributed by atoms with Gasteiger partial charge in [0, 0.05) is 17.7 Å². The summed E-state index contributed by atoms with van der Waals surface area (Å²) < 4.78 is 0.877. The van der Waals surface area contributed by atoms with Crippen molar-refractivity contribution in [1.29, 1.82) is 0 Å². The fraction of sp³-hybridized carbons (Fsp3) is 0.0476. The van der Waals surface area contributed by atoms with Gasteiger partial charge in [0.25, 0.3) is 11.6 Å². The zero-order chi connectivity index (χ0) is 20.4. The highest BCUT2D eigenvalue weighted by Gasteiger charge is 2.23. The number of nitro benzene ring substituents is 1. The molecule has 0 fully saturated rings. The molecule has 0 spiro atoms. The zero-order valence-electron chi connectivity index (χ0n) is 15.0. The fourth-order valence-electron chi connectivity index (χ4n) is 2.89. The number of carbonyl (C=O) groups is 1. The Labute approximate surface area is 175 Å². The summed E-state index contributed by atoms with van der Waals surface area (Å²) in [5.41, 5.74) is 1.86. The maximum atomic E-state index is 13.3. The van der Waals surface area contributed by atoms with Crippen LogP contribution in [0.1, 0.15) is 15.9 Å². The molecule has 0 radical (unpaired) electrons. The molecule has 0 aliphatic rings. The predicted octanol–water partition coefficient (Wildman–Crippen LogP) is 5.70. The summed E-state index contributed by atoms with van der Waals surface area (Å²) in [5.74, 6) is -0.293. The van der Waals surface area contributed by atoms with E-state index in [1.807, 2.05) is 42.5 Å². The van der Waals surface area contributed by atoms with E-state index >= 15 is 0 Å². The fourth-order valence-corrected chi connectivity index (χ4v) is 4.16. The van der Waals surface area contributed by atoms with Crippen LogP contribution < -0.4 is 4.90 Å². The van der Waals surface area contributed by atoms with Gasteiger partial charge in [0.1, 0.15) is 5.52 Å². The third kappa shape index (κ3) is 3.96. The molecule has 3 aromatic carbocycles. The van der Waals surface area contributed by atoms with Crippen molar-refractivity contribution >= 4 is 49.9 Å². The van der Waals surface area contributed by atoms with E-state index < -0.39 is 4.92 Å².